The van der Waals surface area contributed by atoms with Crippen LogP contribution >= 0.6 is 0 Å². The van der Waals surface area contributed by atoms with Crippen molar-refractivity contribution in [3.05, 3.63) is 71.7 Å². The molecule has 12 nitrogen and oxygen atoms in total. The van der Waals surface area contributed by atoms with E-state index in [-0.39, 0.29) is 47.2 Å². The molecule has 2 heterocycles. The van der Waals surface area contributed by atoms with Crippen LogP contribution in [-0.2, 0) is 34.8 Å². The lowest BCUT2D eigenvalue weighted by atomic mass is 10.0. The van der Waals surface area contributed by atoms with Crippen LogP contribution < -0.4 is 9.46 Å². The molecular weight excluding hydrogens is 562 g/mol. The average molecular weight is 600 g/mol. The van der Waals surface area contributed by atoms with Gasteiger partial charge in [-0.1, -0.05) is 19.1 Å². The van der Waals surface area contributed by atoms with Gasteiger partial charge in [-0.25, -0.2) is 9.78 Å². The first-order chi connectivity index (χ1) is 19.9. The third kappa shape index (κ3) is 7.46. The molecule has 0 saturated carbocycles. The van der Waals surface area contributed by atoms with E-state index in [1.54, 1.807) is 61.3 Å². The number of nitrogens with zero attached hydrogens (tertiary/aromatic N) is 4. The number of likely N-dealkylation sites (N-methyl/N-ethyl adjacent to an activating group) is 1. The summed E-state index contributed by atoms with van der Waals surface area (Å²) in [5.74, 6) is -0.831. The number of aromatic nitrogens is 2. The number of carboxylic acids is 1. The third-order valence-corrected chi connectivity index (χ3v) is 8.54. The highest BCUT2D eigenvalue weighted by Gasteiger charge is 2.31. The second-order valence-corrected chi connectivity index (χ2v) is 12.5. The molecule has 0 saturated heterocycles. The molecule has 3 atom stereocenters. The van der Waals surface area contributed by atoms with E-state index in [0.717, 1.165) is 5.56 Å². The Kier molecular flexibility index (Phi) is 9.54. The number of nitrogens with one attached hydrogen (secondary N) is 1. The number of carboxylic acid groups (broad SMARTS) is 1. The molecule has 0 aliphatic carbocycles. The lowest BCUT2D eigenvalue weighted by Gasteiger charge is -2.34. The van der Waals surface area contributed by atoms with E-state index in [4.69, 9.17) is 4.74 Å². The van der Waals surface area contributed by atoms with Gasteiger partial charge in [0.25, 0.3) is 10.0 Å². The Morgan fingerprint density at radius 2 is 1.95 bits per heavy atom. The van der Waals surface area contributed by atoms with Crippen molar-refractivity contribution in [1.29, 1.82) is 0 Å². The standard InChI is InChI=1S/C29H37N5O7S/c1-19-13-34(20(2)17-35)28(36)12-23-11-24(31-42(39,40)27-16-33(4)18-30-27)9-10-25(23)41-26(19)15-32(3)14-21-5-7-22(8-6-21)29(37)38/h5-11,16,18-20,26,31,35H,12-15,17H2,1-4H3,(H,37,38)/t19-,20-,26+/m1/s1. The summed E-state index contributed by atoms with van der Waals surface area (Å²) in [6.45, 7) is 4.97. The lowest BCUT2D eigenvalue weighted by molar-refractivity contribution is -0.134. The predicted octanol–water partition coefficient (Wildman–Crippen LogP) is 2.20. The first-order valence-corrected chi connectivity index (χ1v) is 15.1. The van der Waals surface area contributed by atoms with Crippen LogP contribution in [0.25, 0.3) is 0 Å². The number of hydrogen-bond acceptors (Lipinski definition) is 8. The molecule has 0 bridgehead atoms. The van der Waals surface area contributed by atoms with Gasteiger partial charge >= 0.3 is 5.97 Å². The topological polar surface area (TPSA) is 154 Å². The normalized spacial score (nSPS) is 18.4. The fourth-order valence-corrected chi connectivity index (χ4v) is 5.91. The van der Waals surface area contributed by atoms with Crippen molar-refractivity contribution < 1.29 is 33.0 Å². The van der Waals surface area contributed by atoms with Crippen LogP contribution in [0.15, 0.2) is 60.0 Å². The number of carbonyl (C=O) groups excluding carboxylic acids is 1. The molecule has 226 valence electrons. The molecule has 1 aromatic heterocycles. The molecule has 1 aliphatic heterocycles. The average Bonchev–Trinajstić information content (AvgIpc) is 3.40. The summed E-state index contributed by atoms with van der Waals surface area (Å²) < 4.78 is 36.3. The minimum absolute atomic E-state index is 0.0377. The number of hydrogen-bond donors (Lipinski definition) is 3. The van der Waals surface area contributed by atoms with Crippen LogP contribution in [0.2, 0.25) is 0 Å². The first-order valence-electron chi connectivity index (χ1n) is 13.6. The highest BCUT2D eigenvalue weighted by molar-refractivity contribution is 7.92. The zero-order valence-corrected chi connectivity index (χ0v) is 24.9. The van der Waals surface area contributed by atoms with Crippen LogP contribution in [0.3, 0.4) is 0 Å². The van der Waals surface area contributed by atoms with Gasteiger partial charge in [0, 0.05) is 50.0 Å². The molecule has 0 fully saturated rings. The van der Waals surface area contributed by atoms with Gasteiger partial charge in [0.2, 0.25) is 5.91 Å². The van der Waals surface area contributed by atoms with Crippen LogP contribution in [-0.4, -0.2) is 88.7 Å². The zero-order valence-electron chi connectivity index (χ0n) is 24.1. The number of aliphatic hydroxyl groups is 1. The summed E-state index contributed by atoms with van der Waals surface area (Å²) in [6.07, 6.45) is 2.39. The Morgan fingerprint density at radius 1 is 1.24 bits per heavy atom. The molecule has 13 heteroatoms. The molecule has 1 amide bonds. The van der Waals surface area contributed by atoms with Crippen LogP contribution in [0, 0.1) is 5.92 Å². The van der Waals surface area contributed by atoms with Crippen molar-refractivity contribution in [2.24, 2.45) is 13.0 Å². The number of ether oxygens (including phenoxy) is 1. The molecular formula is C29H37N5O7S. The zero-order chi connectivity index (χ0) is 30.6. The number of aryl methyl sites for hydroxylation is 1. The maximum atomic E-state index is 13.5. The minimum atomic E-state index is -3.95. The molecule has 2 aromatic carbocycles. The van der Waals surface area contributed by atoms with E-state index in [2.05, 4.69) is 14.6 Å². The monoisotopic (exact) mass is 599 g/mol. The van der Waals surface area contributed by atoms with Crippen LogP contribution in [0.5, 0.6) is 5.75 Å². The van der Waals surface area contributed by atoms with E-state index in [1.165, 1.54) is 17.1 Å². The Hall–Kier alpha value is -3.94. The number of anilines is 1. The van der Waals surface area contributed by atoms with E-state index in [0.29, 0.717) is 30.9 Å². The van der Waals surface area contributed by atoms with E-state index >= 15 is 0 Å². The van der Waals surface area contributed by atoms with E-state index in [1.807, 2.05) is 14.0 Å². The second-order valence-electron chi connectivity index (χ2n) is 10.9. The number of aromatic carboxylic acids is 1. The number of amides is 1. The molecule has 0 spiro atoms. The molecule has 3 aromatic rings. The van der Waals surface area contributed by atoms with Gasteiger partial charge in [0.15, 0.2) is 5.03 Å². The SMILES string of the molecule is C[C@@H]1CN([C@H](C)CO)C(=O)Cc2cc(NS(=O)(=O)c3cn(C)cn3)ccc2O[C@H]1CN(C)Cc1ccc(C(=O)O)cc1. The van der Waals surface area contributed by atoms with Gasteiger partial charge in [0.1, 0.15) is 11.9 Å². The number of benzene rings is 2. The molecule has 4 rings (SSSR count). The van der Waals surface area contributed by atoms with Crippen molar-refractivity contribution in [2.45, 2.75) is 44.0 Å². The summed E-state index contributed by atoms with van der Waals surface area (Å²) in [4.78, 5) is 32.3. The third-order valence-electron chi connectivity index (χ3n) is 7.27. The lowest BCUT2D eigenvalue weighted by Crippen LogP contribution is -2.47. The van der Waals surface area contributed by atoms with Crippen molar-refractivity contribution >= 4 is 27.6 Å². The van der Waals surface area contributed by atoms with Gasteiger partial charge in [-0.15, -0.1) is 0 Å². The largest absolute Gasteiger partial charge is 0.488 e. The Labute approximate surface area is 245 Å². The van der Waals surface area contributed by atoms with Gasteiger partial charge in [0.05, 0.1) is 31.0 Å². The molecule has 1 aliphatic rings. The maximum absolute atomic E-state index is 13.5. The second kappa shape index (κ2) is 12.9. The maximum Gasteiger partial charge on any atom is 0.335 e. The van der Waals surface area contributed by atoms with Crippen molar-refractivity contribution in [2.75, 3.05) is 31.5 Å². The van der Waals surface area contributed by atoms with Crippen LogP contribution in [0.4, 0.5) is 5.69 Å². The molecule has 0 radical (unpaired) electrons. The fraction of sp³-hybridized carbons (Fsp3) is 0.414. The number of imidazole rings is 1. The van der Waals surface area contributed by atoms with Crippen molar-refractivity contribution in [3.63, 3.8) is 0 Å². The fourth-order valence-electron chi connectivity index (χ4n) is 4.88. The number of carbonyl (C=O) groups is 2. The number of aliphatic hydroxyl groups excluding tert-OH is 1. The van der Waals surface area contributed by atoms with Gasteiger partial charge < -0.3 is 24.4 Å². The minimum Gasteiger partial charge on any atom is -0.488 e. The number of rotatable bonds is 10. The van der Waals surface area contributed by atoms with Gasteiger partial charge in [-0.3, -0.25) is 14.4 Å². The Morgan fingerprint density at radius 3 is 2.57 bits per heavy atom. The number of fused-ring (bicyclic) bond motifs is 1. The molecule has 0 unspecified atom stereocenters. The summed E-state index contributed by atoms with van der Waals surface area (Å²) >= 11 is 0. The summed E-state index contributed by atoms with van der Waals surface area (Å²) in [5, 5.41) is 18.9. The summed E-state index contributed by atoms with van der Waals surface area (Å²) in [6, 6.07) is 11.1. The van der Waals surface area contributed by atoms with Crippen molar-refractivity contribution in [3.8, 4) is 5.75 Å². The molecule has 3 N–H and O–H groups in total. The van der Waals surface area contributed by atoms with E-state index in [9.17, 15) is 28.2 Å². The van der Waals surface area contributed by atoms with Gasteiger partial charge in [-0.05, 0) is 49.9 Å². The predicted molar refractivity (Wildman–Crippen MR) is 156 cm³/mol. The quantitative estimate of drug-likeness (QED) is 0.318. The van der Waals surface area contributed by atoms with Gasteiger partial charge in [-0.2, -0.15) is 8.42 Å². The Bertz CT molecular complexity index is 1520. The molecule has 42 heavy (non-hydrogen) atoms. The highest BCUT2D eigenvalue weighted by Crippen LogP contribution is 2.30. The number of sulfonamides is 1. The van der Waals surface area contributed by atoms with Crippen molar-refractivity contribution in [1.82, 2.24) is 19.4 Å². The Balaban J connectivity index is 1.60. The summed E-state index contributed by atoms with van der Waals surface area (Å²) in [7, 11) is -0.340. The first kappa shape index (κ1) is 31.0. The van der Waals surface area contributed by atoms with Crippen LogP contribution in [0.1, 0.15) is 35.3 Å². The highest BCUT2D eigenvalue weighted by atomic mass is 32.2. The van der Waals surface area contributed by atoms with E-state index < -0.39 is 22.0 Å². The smallest absolute Gasteiger partial charge is 0.335 e. The summed E-state index contributed by atoms with van der Waals surface area (Å²) in [5.41, 5.74) is 1.94.